The monoisotopic (exact) mass is 587 g/mol. The number of piperazine rings is 1. The highest BCUT2D eigenvalue weighted by molar-refractivity contribution is 5.80. The van der Waals surface area contributed by atoms with Gasteiger partial charge < -0.3 is 26.2 Å². The number of nitrogens with zero attached hydrogens (tertiary/aromatic N) is 3. The van der Waals surface area contributed by atoms with Crippen molar-refractivity contribution >= 4 is 5.91 Å². The number of alkyl halides is 2. The van der Waals surface area contributed by atoms with E-state index in [0.29, 0.717) is 38.9 Å². The van der Waals surface area contributed by atoms with Gasteiger partial charge in [-0.25, -0.2) is 13.2 Å². The first kappa shape index (κ1) is 34.1. The minimum Gasteiger partial charge on any atom is -0.374 e. The average molecular weight is 588 g/mol. The molecule has 2 saturated heterocycles. The van der Waals surface area contributed by atoms with E-state index in [9.17, 15) is 13.6 Å². The van der Waals surface area contributed by atoms with E-state index >= 15 is 4.39 Å². The minimum atomic E-state index is -2.50. The number of nitrogens with one attached hydrogen (secondary N) is 3. The third-order valence-electron chi connectivity index (χ3n) is 9.56. The fraction of sp³-hybridized carbons (Fsp3) is 0.900. The van der Waals surface area contributed by atoms with Crippen LogP contribution in [0.1, 0.15) is 65.7 Å². The van der Waals surface area contributed by atoms with E-state index in [0.717, 1.165) is 38.8 Å². The first-order chi connectivity index (χ1) is 19.6. The maximum atomic E-state index is 15.1. The van der Waals surface area contributed by atoms with E-state index < -0.39 is 36.5 Å². The Balaban J connectivity index is 1.92. The lowest BCUT2D eigenvalue weighted by atomic mass is 9.85. The molecule has 0 bridgehead atoms. The quantitative estimate of drug-likeness (QED) is 0.313. The molecule has 3 aliphatic heterocycles. The molecule has 238 valence electrons. The Bertz CT molecular complexity index is 826. The van der Waals surface area contributed by atoms with Gasteiger partial charge in [-0.3, -0.25) is 15.0 Å². The molecule has 8 atom stereocenters. The van der Waals surface area contributed by atoms with Gasteiger partial charge in [-0.2, -0.15) is 0 Å². The van der Waals surface area contributed by atoms with Crippen LogP contribution >= 0.6 is 0 Å². The van der Waals surface area contributed by atoms with Gasteiger partial charge in [0.2, 0.25) is 12.3 Å². The lowest BCUT2D eigenvalue weighted by Gasteiger charge is -2.48. The molecular formula is C30H56F3N7O. The Hall–Kier alpha value is -1.40. The summed E-state index contributed by atoms with van der Waals surface area (Å²) in [5.74, 6) is -1.77. The number of likely N-dealkylation sites (N-methyl/N-ethyl adjacent to an activating group) is 1. The molecule has 3 aliphatic rings. The Labute approximate surface area is 246 Å². The minimum absolute atomic E-state index is 0.0349. The largest absolute Gasteiger partial charge is 0.374 e. The lowest BCUT2D eigenvalue weighted by molar-refractivity contribution is -0.130. The Morgan fingerprint density at radius 1 is 1.15 bits per heavy atom. The number of allylic oxidation sites excluding steroid dienone is 1. The highest BCUT2D eigenvalue weighted by Gasteiger charge is 2.45. The normalized spacial score (nSPS) is 33.9. The molecule has 3 rings (SSSR count). The summed E-state index contributed by atoms with van der Waals surface area (Å²) in [6.45, 7) is 9.98. The Kier molecular flexibility index (Phi) is 13.7. The summed E-state index contributed by atoms with van der Waals surface area (Å²) in [5, 5.41) is 9.89. The Morgan fingerprint density at radius 2 is 1.85 bits per heavy atom. The molecule has 0 radical (unpaired) electrons. The van der Waals surface area contributed by atoms with Crippen molar-refractivity contribution in [3.63, 3.8) is 0 Å². The molecule has 0 aromatic carbocycles. The van der Waals surface area contributed by atoms with Crippen molar-refractivity contribution in [1.29, 1.82) is 0 Å². The fourth-order valence-corrected chi connectivity index (χ4v) is 7.09. The van der Waals surface area contributed by atoms with Crippen LogP contribution in [0.15, 0.2) is 12.0 Å². The molecule has 0 aromatic heterocycles. The topological polar surface area (TPSA) is 88.9 Å². The molecule has 5 N–H and O–H groups in total. The van der Waals surface area contributed by atoms with Crippen molar-refractivity contribution in [3.05, 3.63) is 12.0 Å². The number of carbonyl (C=O) groups excluding carboxylic acids is 1. The first-order valence-corrected chi connectivity index (χ1v) is 15.9. The van der Waals surface area contributed by atoms with Gasteiger partial charge >= 0.3 is 0 Å². The number of halogens is 3. The van der Waals surface area contributed by atoms with E-state index in [-0.39, 0.29) is 36.3 Å². The van der Waals surface area contributed by atoms with E-state index in [1.807, 2.05) is 19.0 Å². The summed E-state index contributed by atoms with van der Waals surface area (Å²) < 4.78 is 43.7. The van der Waals surface area contributed by atoms with Crippen LogP contribution in [0.2, 0.25) is 0 Å². The highest BCUT2D eigenvalue weighted by atomic mass is 19.3. The molecule has 8 unspecified atom stereocenters. The van der Waals surface area contributed by atoms with Gasteiger partial charge in [0.25, 0.3) is 0 Å². The van der Waals surface area contributed by atoms with Crippen molar-refractivity contribution in [3.8, 4) is 0 Å². The molecule has 0 aromatic rings. The molecule has 2 fully saturated rings. The van der Waals surface area contributed by atoms with E-state index in [1.165, 1.54) is 6.20 Å². The zero-order valence-corrected chi connectivity index (χ0v) is 25.9. The van der Waals surface area contributed by atoms with Gasteiger partial charge in [-0.05, 0) is 32.2 Å². The number of carbonyl (C=O) groups is 1. The Morgan fingerprint density at radius 3 is 2.49 bits per heavy atom. The smallest absolute Gasteiger partial charge is 0.244 e. The number of rotatable bonds is 10. The summed E-state index contributed by atoms with van der Waals surface area (Å²) >= 11 is 0. The second kappa shape index (κ2) is 16.4. The molecule has 3 heterocycles. The van der Waals surface area contributed by atoms with Crippen LogP contribution < -0.4 is 21.7 Å². The molecule has 0 spiro atoms. The van der Waals surface area contributed by atoms with Crippen LogP contribution in [0.4, 0.5) is 13.2 Å². The van der Waals surface area contributed by atoms with Gasteiger partial charge in [0, 0.05) is 83.0 Å². The zero-order chi connectivity index (χ0) is 30.1. The maximum Gasteiger partial charge on any atom is 0.244 e. The summed E-state index contributed by atoms with van der Waals surface area (Å²) in [7, 11) is 3.85. The van der Waals surface area contributed by atoms with Gasteiger partial charge in [0.05, 0.1) is 18.1 Å². The number of hydrogen-bond acceptors (Lipinski definition) is 7. The fourth-order valence-electron chi connectivity index (χ4n) is 7.09. The molecule has 0 aliphatic carbocycles. The van der Waals surface area contributed by atoms with Crippen molar-refractivity contribution in [2.75, 3.05) is 53.4 Å². The van der Waals surface area contributed by atoms with E-state index in [4.69, 9.17) is 5.73 Å². The second-order valence-corrected chi connectivity index (χ2v) is 12.7. The van der Waals surface area contributed by atoms with Gasteiger partial charge in [-0.1, -0.05) is 40.0 Å². The van der Waals surface area contributed by atoms with Crippen molar-refractivity contribution < 1.29 is 18.0 Å². The predicted octanol–water partition coefficient (Wildman–Crippen LogP) is 2.96. The highest BCUT2D eigenvalue weighted by Crippen LogP contribution is 2.29. The standard InChI is InChI=1S/C30H56F3N7O/c1-6-8-10-25-26(29(34)36-23(20(3)9-7-2)12-11-21(31)19-39(25)5)30(41)37-24-18-35-17-22(28(32)33)27(24)40-15-13-38(4)14-16-40/h19-20,22-29,35-36H,6-18,34H2,1-5H3,(H,37,41). The summed E-state index contributed by atoms with van der Waals surface area (Å²) in [6, 6.07) is -1.33. The van der Waals surface area contributed by atoms with E-state index in [1.54, 1.807) is 0 Å². The van der Waals surface area contributed by atoms with Crippen molar-refractivity contribution in [1.82, 2.24) is 30.7 Å². The van der Waals surface area contributed by atoms with Gasteiger partial charge in [-0.15, -0.1) is 0 Å². The van der Waals surface area contributed by atoms with Crippen LogP contribution in [-0.2, 0) is 4.79 Å². The van der Waals surface area contributed by atoms with Gasteiger partial charge in [0.1, 0.15) is 5.83 Å². The molecule has 41 heavy (non-hydrogen) atoms. The van der Waals surface area contributed by atoms with Crippen LogP contribution in [-0.4, -0.2) is 111 Å². The SMILES string of the molecule is CCCCC1C(C(=O)NC2CNCC(C(F)F)C2N2CCN(C)CC2)C(N)NC(C(C)CCC)CCC(F)=CN1C. The third-order valence-corrected chi connectivity index (χ3v) is 9.56. The number of hydrogen-bond donors (Lipinski definition) is 4. The number of amides is 1. The molecular weight excluding hydrogens is 531 g/mol. The zero-order valence-electron chi connectivity index (χ0n) is 25.9. The lowest BCUT2D eigenvalue weighted by Crippen LogP contribution is -2.69. The second-order valence-electron chi connectivity index (χ2n) is 12.7. The summed E-state index contributed by atoms with van der Waals surface area (Å²) in [6.07, 6.45) is 3.71. The van der Waals surface area contributed by atoms with Crippen molar-refractivity contribution in [2.24, 2.45) is 23.5 Å². The average Bonchev–Trinajstić information content (AvgIpc) is 2.93. The summed E-state index contributed by atoms with van der Waals surface area (Å²) in [5.41, 5.74) is 6.86. The molecule has 1 amide bonds. The number of unbranched alkanes of at least 4 members (excludes halogenated alkanes) is 1. The number of piperidine rings is 1. The maximum absolute atomic E-state index is 15.1. The first-order valence-electron chi connectivity index (χ1n) is 15.9. The third kappa shape index (κ3) is 9.29. The predicted molar refractivity (Wildman–Crippen MR) is 159 cm³/mol. The summed E-state index contributed by atoms with van der Waals surface area (Å²) in [4.78, 5) is 20.4. The molecule has 11 heteroatoms. The number of nitrogens with two attached hydrogens (primary N) is 1. The van der Waals surface area contributed by atoms with Gasteiger partial charge in [0.15, 0.2) is 0 Å². The van der Waals surface area contributed by atoms with Crippen molar-refractivity contribution in [2.45, 2.75) is 102 Å². The van der Waals surface area contributed by atoms with Crippen LogP contribution in [0.25, 0.3) is 0 Å². The molecule has 0 saturated carbocycles. The van der Waals surface area contributed by atoms with Crippen LogP contribution in [0.5, 0.6) is 0 Å². The molecule has 8 nitrogen and oxygen atoms in total. The van der Waals surface area contributed by atoms with Crippen LogP contribution in [0.3, 0.4) is 0 Å². The van der Waals surface area contributed by atoms with Crippen LogP contribution in [0, 0.1) is 17.8 Å². The van der Waals surface area contributed by atoms with E-state index in [2.05, 4.69) is 46.5 Å².